The van der Waals surface area contributed by atoms with Gasteiger partial charge in [0, 0.05) is 50.3 Å². The van der Waals surface area contributed by atoms with Crippen molar-refractivity contribution < 1.29 is 74.0 Å². The molecule has 2 atom stereocenters. The van der Waals surface area contributed by atoms with Gasteiger partial charge in [0.25, 0.3) is 0 Å². The van der Waals surface area contributed by atoms with Crippen molar-refractivity contribution in [3.05, 3.63) is 29.6 Å². The minimum Gasteiger partial charge on any atom is -0.475 e. The van der Waals surface area contributed by atoms with Crippen LogP contribution in [-0.4, -0.2) is 113 Å². The number of aromatic nitrogens is 1. The maximum absolute atomic E-state index is 10.6. The number of methoxy groups -OCH3 is 1. The zero-order valence-electron chi connectivity index (χ0n) is 22.5. The molecule has 3 N–H and O–H groups in total. The summed E-state index contributed by atoms with van der Waals surface area (Å²) in [5, 5.41) is 21.4. The highest BCUT2D eigenvalue weighted by atomic mass is 19.4. The number of carboxylic acid groups (broad SMARTS) is 3. The van der Waals surface area contributed by atoms with E-state index in [-0.39, 0.29) is 0 Å². The van der Waals surface area contributed by atoms with Crippen molar-refractivity contribution in [1.82, 2.24) is 14.8 Å². The molecule has 0 amide bonds. The zero-order valence-corrected chi connectivity index (χ0v) is 22.5. The summed E-state index contributed by atoms with van der Waals surface area (Å²) in [5.74, 6) is -7.60. The summed E-state index contributed by atoms with van der Waals surface area (Å²) in [6.07, 6.45) is -14.0. The lowest BCUT2D eigenvalue weighted by Gasteiger charge is -2.30. The summed E-state index contributed by atoms with van der Waals surface area (Å²) in [7, 11) is 4.07. The van der Waals surface area contributed by atoms with Crippen molar-refractivity contribution in [2.75, 3.05) is 46.9 Å². The van der Waals surface area contributed by atoms with Gasteiger partial charge < -0.3 is 25.0 Å². The van der Waals surface area contributed by atoms with Gasteiger partial charge in [-0.3, -0.25) is 9.88 Å². The number of halogens is 9. The molecule has 3 heterocycles. The average Bonchev–Trinajstić information content (AvgIpc) is 3.35. The van der Waals surface area contributed by atoms with Crippen molar-refractivity contribution in [2.45, 2.75) is 38.4 Å². The molecule has 1 aromatic rings. The highest BCUT2D eigenvalue weighted by molar-refractivity contribution is 5.73. The molecule has 1 aromatic heterocycles. The Bertz CT molecular complexity index is 979. The highest BCUT2D eigenvalue weighted by Crippen LogP contribution is 2.43. The lowest BCUT2D eigenvalue weighted by molar-refractivity contribution is -0.193. The van der Waals surface area contributed by atoms with Gasteiger partial charge in [-0.1, -0.05) is 6.07 Å². The Hall–Kier alpha value is -3.19. The summed E-state index contributed by atoms with van der Waals surface area (Å²) in [4.78, 5) is 36.4. The predicted octanol–water partition coefficient (Wildman–Crippen LogP) is 3.69. The predicted molar refractivity (Wildman–Crippen MR) is 125 cm³/mol. The molecule has 0 unspecified atom stereocenters. The topological polar surface area (TPSA) is 140 Å². The Labute approximate surface area is 233 Å². The minimum atomic E-state index is -5.08. The molecular weight excluding hydrogens is 601 g/mol. The fraction of sp³-hybridized carbons (Fsp3) is 0.652. The van der Waals surface area contributed by atoms with Gasteiger partial charge in [-0.05, 0) is 39.1 Å². The first-order valence-electron chi connectivity index (χ1n) is 11.7. The quantitative estimate of drug-likeness (QED) is 0.422. The van der Waals surface area contributed by atoms with Crippen molar-refractivity contribution in [2.24, 2.45) is 11.3 Å². The van der Waals surface area contributed by atoms with Crippen LogP contribution >= 0.6 is 0 Å². The Morgan fingerprint density at radius 2 is 1.38 bits per heavy atom. The van der Waals surface area contributed by atoms with E-state index in [0.717, 1.165) is 18.8 Å². The smallest absolute Gasteiger partial charge is 0.475 e. The molecule has 2 aliphatic heterocycles. The maximum Gasteiger partial charge on any atom is 0.490 e. The summed E-state index contributed by atoms with van der Waals surface area (Å²) in [5.41, 5.74) is 2.73. The largest absolute Gasteiger partial charge is 0.490 e. The molecule has 42 heavy (non-hydrogen) atoms. The van der Waals surface area contributed by atoms with Crippen LogP contribution in [0.3, 0.4) is 0 Å². The molecule has 0 aliphatic carbocycles. The van der Waals surface area contributed by atoms with Crippen molar-refractivity contribution in [3.8, 4) is 0 Å². The molecule has 0 aromatic carbocycles. The average molecular weight is 631 g/mol. The SMILES string of the molecule is COC[C@@H]1CN(C)C[C@@]12CCN(Cc1cccc(C)n1)C2.O=C(O)C(F)(F)F.O=C(O)C(F)(F)F.O=C(O)C(F)(F)F. The van der Waals surface area contributed by atoms with Crippen LogP contribution in [-0.2, 0) is 25.7 Å². The molecule has 19 heteroatoms. The molecule has 2 saturated heterocycles. The van der Waals surface area contributed by atoms with E-state index in [4.69, 9.17) is 34.4 Å². The second kappa shape index (κ2) is 15.9. The number of likely N-dealkylation sites (tertiary alicyclic amines) is 2. The van der Waals surface area contributed by atoms with Gasteiger partial charge in [0.05, 0.1) is 12.3 Å². The van der Waals surface area contributed by atoms with E-state index in [2.05, 4.69) is 47.0 Å². The van der Waals surface area contributed by atoms with Gasteiger partial charge in [0.15, 0.2) is 0 Å². The van der Waals surface area contributed by atoms with Gasteiger partial charge in [-0.15, -0.1) is 0 Å². The normalized spacial score (nSPS) is 20.9. The van der Waals surface area contributed by atoms with Crippen molar-refractivity contribution in [3.63, 3.8) is 0 Å². The number of rotatable bonds is 4. The second-order valence-electron chi connectivity index (χ2n) is 9.35. The third kappa shape index (κ3) is 14.1. The third-order valence-electron chi connectivity index (χ3n) is 5.87. The Balaban J connectivity index is 0.000000660. The van der Waals surface area contributed by atoms with Gasteiger partial charge in [-0.2, -0.15) is 39.5 Å². The standard InChI is InChI=1S/C17H27N3O.3C2HF3O2/c1-14-5-4-6-16(18-14)10-20-8-7-17(13-20)12-19(2)9-15(17)11-21-3;3*3-2(4,5)1(6)7/h4-6,15H,7-13H2,1-3H3;3*(H,6,7)/t15-,17+;;;/m0.../s1. The Kier molecular flexibility index (Phi) is 14.7. The number of nitrogens with zero attached hydrogens (tertiary/aromatic N) is 3. The lowest BCUT2D eigenvalue weighted by atomic mass is 9.78. The van der Waals surface area contributed by atoms with E-state index in [1.54, 1.807) is 0 Å². The summed E-state index contributed by atoms with van der Waals surface area (Å²) < 4.78 is 101. The number of hydrogen-bond acceptors (Lipinski definition) is 7. The van der Waals surface area contributed by atoms with Gasteiger partial charge >= 0.3 is 36.4 Å². The lowest BCUT2D eigenvalue weighted by Crippen LogP contribution is -2.36. The molecular formula is C23H30F9N3O7. The molecule has 2 fully saturated rings. The zero-order chi connectivity index (χ0) is 33.1. The van der Waals surface area contributed by atoms with E-state index in [1.165, 1.54) is 38.3 Å². The molecule has 242 valence electrons. The number of carbonyl (C=O) groups is 3. The van der Waals surface area contributed by atoms with E-state index >= 15 is 0 Å². The maximum atomic E-state index is 10.6. The van der Waals surface area contributed by atoms with E-state index in [1.807, 2.05) is 7.11 Å². The molecule has 3 rings (SSSR count). The van der Waals surface area contributed by atoms with Gasteiger partial charge in [-0.25, -0.2) is 14.4 Å². The first-order valence-corrected chi connectivity index (χ1v) is 11.7. The van der Waals surface area contributed by atoms with E-state index in [9.17, 15) is 39.5 Å². The van der Waals surface area contributed by atoms with Gasteiger partial charge in [0.2, 0.25) is 0 Å². The molecule has 0 radical (unpaired) electrons. The van der Waals surface area contributed by atoms with Crippen LogP contribution in [0.5, 0.6) is 0 Å². The van der Waals surface area contributed by atoms with Crippen LogP contribution in [0.4, 0.5) is 39.5 Å². The number of hydrogen-bond donors (Lipinski definition) is 3. The first kappa shape index (κ1) is 38.8. The fourth-order valence-corrected chi connectivity index (χ4v) is 4.23. The summed E-state index contributed by atoms with van der Waals surface area (Å²) in [6.45, 7) is 8.68. The number of alkyl halides is 9. The first-order chi connectivity index (χ1) is 18.9. The van der Waals surface area contributed by atoms with Crippen LogP contribution in [0.1, 0.15) is 17.8 Å². The molecule has 2 aliphatic rings. The van der Waals surface area contributed by atoms with Crippen molar-refractivity contribution in [1.29, 1.82) is 0 Å². The molecule has 10 nitrogen and oxygen atoms in total. The summed E-state index contributed by atoms with van der Waals surface area (Å²) in [6, 6.07) is 6.32. The van der Waals surface area contributed by atoms with Crippen LogP contribution in [0.15, 0.2) is 18.2 Å². The van der Waals surface area contributed by atoms with Crippen LogP contribution in [0.2, 0.25) is 0 Å². The second-order valence-corrected chi connectivity index (χ2v) is 9.35. The highest BCUT2D eigenvalue weighted by Gasteiger charge is 2.49. The number of ether oxygens (including phenoxy) is 1. The number of pyridine rings is 1. The van der Waals surface area contributed by atoms with Crippen LogP contribution in [0.25, 0.3) is 0 Å². The molecule has 1 spiro atoms. The fourth-order valence-electron chi connectivity index (χ4n) is 4.23. The summed E-state index contributed by atoms with van der Waals surface area (Å²) >= 11 is 0. The molecule has 0 saturated carbocycles. The third-order valence-corrected chi connectivity index (χ3v) is 5.87. The van der Waals surface area contributed by atoms with Crippen molar-refractivity contribution >= 4 is 17.9 Å². The minimum absolute atomic E-state index is 0.425. The molecule has 0 bridgehead atoms. The number of carboxylic acids is 3. The Morgan fingerprint density at radius 3 is 1.76 bits per heavy atom. The van der Waals surface area contributed by atoms with Crippen LogP contribution in [0, 0.1) is 18.3 Å². The Morgan fingerprint density at radius 1 is 0.929 bits per heavy atom. The van der Waals surface area contributed by atoms with Gasteiger partial charge in [0.1, 0.15) is 0 Å². The van der Waals surface area contributed by atoms with Crippen LogP contribution < -0.4 is 0 Å². The van der Waals surface area contributed by atoms with E-state index in [0.29, 0.717) is 11.3 Å². The number of aliphatic carboxylic acids is 3. The van der Waals surface area contributed by atoms with E-state index < -0.39 is 36.4 Å². The number of aryl methyl sites for hydroxylation is 1. The monoisotopic (exact) mass is 631 g/mol.